The van der Waals surface area contributed by atoms with Crippen molar-refractivity contribution < 1.29 is 9.72 Å². The molecule has 0 atom stereocenters. The first kappa shape index (κ1) is 8.96. The molecule has 1 aliphatic rings. The molecule has 0 saturated heterocycles. The van der Waals surface area contributed by atoms with E-state index in [1.54, 1.807) is 0 Å². The van der Waals surface area contributed by atoms with E-state index < -0.39 is 4.92 Å². The van der Waals surface area contributed by atoms with Crippen molar-refractivity contribution in [1.29, 1.82) is 0 Å². The molecule has 1 aromatic rings. The summed E-state index contributed by atoms with van der Waals surface area (Å²) in [4.78, 5) is 21.1. The van der Waals surface area contributed by atoms with E-state index >= 15 is 0 Å². The standard InChI is InChI=1S/C8H5ClN2O3/c9-5-1-2-6(11(13)14)4-3-7(12)10-8(4)5/h1-2H,3H2,(H,10,12). The molecule has 1 heterocycles. The first-order valence-electron chi connectivity index (χ1n) is 3.85. The molecule has 0 bridgehead atoms. The zero-order valence-corrected chi connectivity index (χ0v) is 7.67. The highest BCUT2D eigenvalue weighted by atomic mass is 35.5. The van der Waals surface area contributed by atoms with Crippen LogP contribution in [0.4, 0.5) is 11.4 Å². The molecule has 0 unspecified atom stereocenters. The maximum atomic E-state index is 11.0. The summed E-state index contributed by atoms with van der Waals surface area (Å²) in [7, 11) is 0. The van der Waals surface area contributed by atoms with E-state index in [1.807, 2.05) is 0 Å². The van der Waals surface area contributed by atoms with Crippen LogP contribution in [0.15, 0.2) is 12.1 Å². The maximum absolute atomic E-state index is 11.0. The van der Waals surface area contributed by atoms with Crippen molar-refractivity contribution in [3.8, 4) is 0 Å². The van der Waals surface area contributed by atoms with Crippen LogP contribution in [0.25, 0.3) is 0 Å². The fraction of sp³-hybridized carbons (Fsp3) is 0.125. The molecule has 2 rings (SSSR count). The van der Waals surface area contributed by atoms with Gasteiger partial charge in [0.2, 0.25) is 5.91 Å². The van der Waals surface area contributed by atoms with Crippen LogP contribution in [0.3, 0.4) is 0 Å². The number of hydrogen-bond donors (Lipinski definition) is 1. The number of carbonyl (C=O) groups is 1. The number of nitro groups is 1. The predicted molar refractivity (Wildman–Crippen MR) is 50.4 cm³/mol. The number of fused-ring (bicyclic) bond motifs is 1. The van der Waals surface area contributed by atoms with E-state index in [9.17, 15) is 14.9 Å². The molecule has 1 amide bonds. The molecule has 1 N–H and O–H groups in total. The minimum Gasteiger partial charge on any atom is -0.324 e. The zero-order chi connectivity index (χ0) is 10.3. The lowest BCUT2D eigenvalue weighted by atomic mass is 10.1. The molecule has 1 aliphatic heterocycles. The third-order valence-corrected chi connectivity index (χ3v) is 2.35. The molecule has 6 heteroatoms. The van der Waals surface area contributed by atoms with Crippen molar-refractivity contribution in [2.75, 3.05) is 5.32 Å². The monoisotopic (exact) mass is 212 g/mol. The Balaban J connectivity index is 2.64. The highest BCUT2D eigenvalue weighted by Gasteiger charge is 2.28. The lowest BCUT2D eigenvalue weighted by Crippen LogP contribution is -2.03. The number of benzene rings is 1. The average Bonchev–Trinajstić information content (AvgIpc) is 2.47. The summed E-state index contributed by atoms with van der Waals surface area (Å²) >= 11 is 5.77. The van der Waals surface area contributed by atoms with Gasteiger partial charge in [0.1, 0.15) is 0 Å². The SMILES string of the molecule is O=C1Cc2c([N+](=O)[O-])ccc(Cl)c2N1. The summed E-state index contributed by atoms with van der Waals surface area (Å²) < 4.78 is 0. The van der Waals surface area contributed by atoms with E-state index in [1.165, 1.54) is 12.1 Å². The third kappa shape index (κ3) is 1.22. The lowest BCUT2D eigenvalue weighted by Gasteiger charge is -2.01. The Hall–Kier alpha value is -1.62. The number of anilines is 1. The number of halogens is 1. The smallest absolute Gasteiger partial charge is 0.275 e. The number of nitro benzene ring substituents is 1. The van der Waals surface area contributed by atoms with Gasteiger partial charge in [-0.15, -0.1) is 0 Å². The average molecular weight is 213 g/mol. The number of hydrogen-bond acceptors (Lipinski definition) is 3. The van der Waals surface area contributed by atoms with Gasteiger partial charge in [-0.05, 0) is 6.07 Å². The van der Waals surface area contributed by atoms with Gasteiger partial charge in [0.05, 0.1) is 27.6 Å². The van der Waals surface area contributed by atoms with Gasteiger partial charge in [-0.2, -0.15) is 0 Å². The fourth-order valence-electron chi connectivity index (χ4n) is 1.44. The summed E-state index contributed by atoms with van der Waals surface area (Å²) in [5.74, 6) is -0.267. The topological polar surface area (TPSA) is 72.2 Å². The predicted octanol–water partition coefficient (Wildman–Crippen LogP) is 1.74. The van der Waals surface area contributed by atoms with Gasteiger partial charge >= 0.3 is 0 Å². The fourth-order valence-corrected chi connectivity index (χ4v) is 1.66. The normalized spacial score (nSPS) is 13.6. The Bertz CT molecular complexity index is 444. The Morgan fingerprint density at radius 1 is 1.50 bits per heavy atom. The maximum Gasteiger partial charge on any atom is 0.275 e. The lowest BCUT2D eigenvalue weighted by molar-refractivity contribution is -0.385. The second-order valence-corrected chi connectivity index (χ2v) is 3.31. The van der Waals surface area contributed by atoms with Crippen molar-refractivity contribution in [3.05, 3.63) is 32.8 Å². The molecular weight excluding hydrogens is 208 g/mol. The Morgan fingerprint density at radius 2 is 2.21 bits per heavy atom. The zero-order valence-electron chi connectivity index (χ0n) is 6.91. The molecule has 14 heavy (non-hydrogen) atoms. The number of rotatable bonds is 1. The Morgan fingerprint density at radius 3 is 2.86 bits per heavy atom. The van der Waals surface area contributed by atoms with Crippen LogP contribution in [-0.4, -0.2) is 10.8 Å². The minimum atomic E-state index is -0.518. The van der Waals surface area contributed by atoms with Crippen LogP contribution in [-0.2, 0) is 11.2 Å². The van der Waals surface area contributed by atoms with E-state index in [0.717, 1.165) is 0 Å². The van der Waals surface area contributed by atoms with Crippen molar-refractivity contribution in [2.45, 2.75) is 6.42 Å². The van der Waals surface area contributed by atoms with E-state index in [4.69, 9.17) is 11.6 Å². The number of carbonyl (C=O) groups excluding carboxylic acids is 1. The molecular formula is C8H5ClN2O3. The van der Waals surface area contributed by atoms with Crippen LogP contribution in [0.5, 0.6) is 0 Å². The van der Waals surface area contributed by atoms with Crippen LogP contribution in [0.2, 0.25) is 5.02 Å². The summed E-state index contributed by atoms with van der Waals surface area (Å²) in [5.41, 5.74) is 0.668. The van der Waals surface area contributed by atoms with Crippen molar-refractivity contribution in [2.24, 2.45) is 0 Å². The molecule has 1 aromatic carbocycles. The second kappa shape index (κ2) is 2.95. The summed E-state index contributed by atoms with van der Waals surface area (Å²) in [5, 5.41) is 13.4. The largest absolute Gasteiger partial charge is 0.324 e. The first-order chi connectivity index (χ1) is 6.59. The van der Waals surface area contributed by atoms with E-state index in [0.29, 0.717) is 16.3 Å². The van der Waals surface area contributed by atoms with Gasteiger partial charge in [-0.3, -0.25) is 14.9 Å². The van der Waals surface area contributed by atoms with Crippen LogP contribution < -0.4 is 5.32 Å². The highest BCUT2D eigenvalue weighted by Crippen LogP contribution is 2.36. The first-order valence-corrected chi connectivity index (χ1v) is 4.23. The van der Waals surface area contributed by atoms with Gasteiger partial charge in [0.15, 0.2) is 0 Å². The highest BCUT2D eigenvalue weighted by molar-refractivity contribution is 6.34. The van der Waals surface area contributed by atoms with Crippen molar-refractivity contribution >= 4 is 28.9 Å². The van der Waals surface area contributed by atoms with Gasteiger partial charge in [-0.25, -0.2) is 0 Å². The van der Waals surface area contributed by atoms with Gasteiger partial charge in [0.25, 0.3) is 5.69 Å². The molecule has 0 aromatic heterocycles. The molecule has 0 radical (unpaired) electrons. The molecule has 5 nitrogen and oxygen atoms in total. The summed E-state index contributed by atoms with van der Waals surface area (Å²) in [6.07, 6.45) is 0.0200. The molecule has 72 valence electrons. The van der Waals surface area contributed by atoms with Crippen molar-refractivity contribution in [1.82, 2.24) is 0 Å². The molecule has 0 fully saturated rings. The van der Waals surface area contributed by atoms with Gasteiger partial charge in [0, 0.05) is 6.07 Å². The van der Waals surface area contributed by atoms with Crippen molar-refractivity contribution in [3.63, 3.8) is 0 Å². The number of nitrogens with one attached hydrogen (secondary N) is 1. The van der Waals surface area contributed by atoms with Gasteiger partial charge in [-0.1, -0.05) is 11.6 Å². The molecule has 0 spiro atoms. The third-order valence-electron chi connectivity index (χ3n) is 2.04. The molecule has 0 saturated carbocycles. The van der Waals surface area contributed by atoms with Crippen LogP contribution in [0.1, 0.15) is 5.56 Å². The van der Waals surface area contributed by atoms with Crippen LogP contribution in [0, 0.1) is 10.1 Å². The molecule has 0 aliphatic carbocycles. The quantitative estimate of drug-likeness (QED) is 0.569. The van der Waals surface area contributed by atoms with Crippen LogP contribution >= 0.6 is 11.6 Å². The van der Waals surface area contributed by atoms with Gasteiger partial charge < -0.3 is 5.32 Å². The second-order valence-electron chi connectivity index (χ2n) is 2.90. The Kier molecular flexibility index (Phi) is 1.89. The minimum absolute atomic E-state index is 0.0200. The number of nitrogens with zero attached hydrogens (tertiary/aromatic N) is 1. The number of amides is 1. The Labute approximate surface area is 83.8 Å². The summed E-state index contributed by atoms with van der Waals surface area (Å²) in [6, 6.07) is 2.71. The van der Waals surface area contributed by atoms with E-state index in [-0.39, 0.29) is 18.0 Å². The summed E-state index contributed by atoms with van der Waals surface area (Å²) in [6.45, 7) is 0. The van der Waals surface area contributed by atoms with E-state index in [2.05, 4.69) is 5.32 Å².